The van der Waals surface area contributed by atoms with E-state index in [0.29, 0.717) is 13.1 Å². The molecule has 2 unspecified atom stereocenters. The first-order chi connectivity index (χ1) is 12.3. The fourth-order valence-corrected chi connectivity index (χ4v) is 4.38. The van der Waals surface area contributed by atoms with Crippen LogP contribution in [-0.4, -0.2) is 35.0 Å². The van der Waals surface area contributed by atoms with E-state index in [2.05, 4.69) is 69.6 Å². The van der Waals surface area contributed by atoms with E-state index in [1.54, 1.807) is 12.2 Å². The molecule has 0 aliphatic carbocycles. The SMILES string of the molecule is C=CCN(CC=C)C(=O)C1CC(C)(C)NC(C)(CCc2ccccc2)C1. The van der Waals surface area contributed by atoms with Gasteiger partial charge in [0.05, 0.1) is 0 Å². The number of rotatable bonds is 8. The van der Waals surface area contributed by atoms with Gasteiger partial charge in [-0.15, -0.1) is 13.2 Å². The first-order valence-corrected chi connectivity index (χ1v) is 9.62. The molecule has 1 aromatic carbocycles. The Morgan fingerprint density at radius 1 is 1.15 bits per heavy atom. The number of carbonyl (C=O) groups excluding carboxylic acids is 1. The summed E-state index contributed by atoms with van der Waals surface area (Å²) < 4.78 is 0. The number of hydrogen-bond donors (Lipinski definition) is 1. The Labute approximate surface area is 159 Å². The molecule has 1 aliphatic heterocycles. The van der Waals surface area contributed by atoms with Gasteiger partial charge < -0.3 is 10.2 Å². The van der Waals surface area contributed by atoms with Crippen LogP contribution in [0.5, 0.6) is 0 Å². The molecular formula is C23H34N2O. The molecule has 0 aromatic heterocycles. The highest BCUT2D eigenvalue weighted by atomic mass is 16.2. The highest BCUT2D eigenvalue weighted by Gasteiger charge is 2.43. The summed E-state index contributed by atoms with van der Waals surface area (Å²) in [4.78, 5) is 15.0. The van der Waals surface area contributed by atoms with Gasteiger partial charge in [-0.05, 0) is 52.0 Å². The van der Waals surface area contributed by atoms with Crippen molar-refractivity contribution in [1.29, 1.82) is 0 Å². The Bertz CT molecular complexity index is 612. The van der Waals surface area contributed by atoms with Gasteiger partial charge in [0.15, 0.2) is 0 Å². The molecule has 1 N–H and O–H groups in total. The first kappa shape index (κ1) is 20.4. The maximum absolute atomic E-state index is 13.1. The molecule has 1 aliphatic rings. The largest absolute Gasteiger partial charge is 0.335 e. The molecule has 0 saturated carbocycles. The van der Waals surface area contributed by atoms with Crippen LogP contribution < -0.4 is 5.32 Å². The summed E-state index contributed by atoms with van der Waals surface area (Å²) in [5, 5.41) is 3.82. The number of carbonyl (C=O) groups is 1. The van der Waals surface area contributed by atoms with Crippen molar-refractivity contribution >= 4 is 5.91 Å². The molecule has 1 heterocycles. The second-order valence-electron chi connectivity index (χ2n) is 8.48. The predicted octanol–water partition coefficient (Wildman–Crippen LogP) is 4.36. The predicted molar refractivity (Wildman–Crippen MR) is 110 cm³/mol. The van der Waals surface area contributed by atoms with Gasteiger partial charge in [-0.3, -0.25) is 4.79 Å². The van der Waals surface area contributed by atoms with Crippen molar-refractivity contribution in [2.75, 3.05) is 13.1 Å². The zero-order valence-corrected chi connectivity index (χ0v) is 16.6. The van der Waals surface area contributed by atoms with Crippen LogP contribution in [0.2, 0.25) is 0 Å². The zero-order chi connectivity index (χ0) is 19.2. The standard InChI is InChI=1S/C23H34N2O/c1-6-15-25(16-7-2)21(26)20-17-22(3,4)24-23(5,18-20)14-13-19-11-9-8-10-12-19/h6-12,20,24H,1-2,13-18H2,3-5H3. The number of piperidine rings is 1. The van der Waals surface area contributed by atoms with Gasteiger partial charge in [-0.25, -0.2) is 0 Å². The molecule has 26 heavy (non-hydrogen) atoms. The van der Waals surface area contributed by atoms with E-state index in [9.17, 15) is 4.79 Å². The lowest BCUT2D eigenvalue weighted by Crippen LogP contribution is -2.61. The first-order valence-electron chi connectivity index (χ1n) is 9.62. The molecular weight excluding hydrogens is 320 g/mol. The maximum Gasteiger partial charge on any atom is 0.226 e. The number of nitrogens with one attached hydrogen (secondary N) is 1. The number of aryl methyl sites for hydroxylation is 1. The van der Waals surface area contributed by atoms with E-state index in [-0.39, 0.29) is 22.9 Å². The summed E-state index contributed by atoms with van der Waals surface area (Å²) in [6, 6.07) is 10.6. The lowest BCUT2D eigenvalue weighted by atomic mass is 9.72. The Morgan fingerprint density at radius 2 is 1.77 bits per heavy atom. The van der Waals surface area contributed by atoms with Crippen molar-refractivity contribution in [2.24, 2.45) is 5.92 Å². The molecule has 1 saturated heterocycles. The minimum absolute atomic E-state index is 0.0342. The minimum Gasteiger partial charge on any atom is -0.335 e. The number of nitrogens with zero attached hydrogens (tertiary/aromatic N) is 1. The smallest absolute Gasteiger partial charge is 0.226 e. The molecule has 3 nitrogen and oxygen atoms in total. The van der Waals surface area contributed by atoms with Crippen molar-refractivity contribution in [3.05, 3.63) is 61.2 Å². The van der Waals surface area contributed by atoms with Crippen molar-refractivity contribution in [3.63, 3.8) is 0 Å². The average Bonchev–Trinajstić information content (AvgIpc) is 2.58. The third kappa shape index (κ3) is 5.57. The molecule has 1 aromatic rings. The summed E-state index contributed by atoms with van der Waals surface area (Å²) in [5.74, 6) is 0.261. The zero-order valence-electron chi connectivity index (χ0n) is 16.6. The van der Waals surface area contributed by atoms with Crippen LogP contribution in [0, 0.1) is 5.92 Å². The van der Waals surface area contributed by atoms with Crippen molar-refractivity contribution < 1.29 is 4.79 Å². The van der Waals surface area contributed by atoms with Crippen LogP contribution in [0.4, 0.5) is 0 Å². The molecule has 1 fully saturated rings. The highest BCUT2D eigenvalue weighted by molar-refractivity contribution is 5.79. The monoisotopic (exact) mass is 354 g/mol. The van der Waals surface area contributed by atoms with Crippen LogP contribution in [0.1, 0.15) is 45.6 Å². The molecule has 0 bridgehead atoms. The van der Waals surface area contributed by atoms with Crippen LogP contribution in [-0.2, 0) is 11.2 Å². The minimum atomic E-state index is -0.0575. The number of benzene rings is 1. The van der Waals surface area contributed by atoms with E-state index >= 15 is 0 Å². The number of amides is 1. The second-order valence-corrected chi connectivity index (χ2v) is 8.48. The van der Waals surface area contributed by atoms with Crippen LogP contribution in [0.25, 0.3) is 0 Å². The van der Waals surface area contributed by atoms with Crippen LogP contribution in [0.3, 0.4) is 0 Å². The van der Waals surface area contributed by atoms with Gasteiger partial charge in [0.1, 0.15) is 0 Å². The fraction of sp³-hybridized carbons (Fsp3) is 0.522. The topological polar surface area (TPSA) is 32.3 Å². The normalized spacial score (nSPS) is 24.7. The van der Waals surface area contributed by atoms with Crippen LogP contribution >= 0.6 is 0 Å². The molecule has 2 atom stereocenters. The van der Waals surface area contributed by atoms with E-state index in [4.69, 9.17) is 0 Å². The molecule has 142 valence electrons. The van der Waals surface area contributed by atoms with Crippen molar-refractivity contribution in [3.8, 4) is 0 Å². The summed E-state index contributed by atoms with van der Waals surface area (Å²) >= 11 is 0. The third-order valence-electron chi connectivity index (χ3n) is 5.26. The Hall–Kier alpha value is -1.87. The molecule has 0 spiro atoms. The van der Waals surface area contributed by atoms with E-state index < -0.39 is 0 Å². The molecule has 3 heteroatoms. The third-order valence-corrected chi connectivity index (χ3v) is 5.26. The quantitative estimate of drug-likeness (QED) is 0.704. The fourth-order valence-electron chi connectivity index (χ4n) is 4.38. The van der Waals surface area contributed by atoms with Gasteiger partial charge in [0, 0.05) is 30.1 Å². The van der Waals surface area contributed by atoms with E-state index in [1.165, 1.54) is 5.56 Å². The van der Waals surface area contributed by atoms with E-state index in [0.717, 1.165) is 25.7 Å². The molecule has 2 rings (SSSR count). The van der Waals surface area contributed by atoms with Gasteiger partial charge in [0.25, 0.3) is 0 Å². The summed E-state index contributed by atoms with van der Waals surface area (Å²) in [5.41, 5.74) is 1.24. The van der Waals surface area contributed by atoms with Crippen molar-refractivity contribution in [2.45, 2.75) is 57.5 Å². The van der Waals surface area contributed by atoms with E-state index in [1.807, 2.05) is 4.90 Å². The highest BCUT2D eigenvalue weighted by Crippen LogP contribution is 2.36. The summed E-state index contributed by atoms with van der Waals surface area (Å²) in [6.07, 6.45) is 7.35. The van der Waals surface area contributed by atoms with Gasteiger partial charge >= 0.3 is 0 Å². The summed E-state index contributed by atoms with van der Waals surface area (Å²) in [6.45, 7) is 15.4. The Morgan fingerprint density at radius 3 is 2.35 bits per heavy atom. The average molecular weight is 355 g/mol. The Kier molecular flexibility index (Phi) is 6.82. The lowest BCUT2D eigenvalue weighted by molar-refractivity contribution is -0.137. The molecule has 1 amide bonds. The second kappa shape index (κ2) is 8.68. The Balaban J connectivity index is 2.12. The van der Waals surface area contributed by atoms with Gasteiger partial charge in [-0.2, -0.15) is 0 Å². The van der Waals surface area contributed by atoms with Crippen molar-refractivity contribution in [1.82, 2.24) is 10.2 Å². The summed E-state index contributed by atoms with van der Waals surface area (Å²) in [7, 11) is 0. The van der Waals surface area contributed by atoms with Gasteiger partial charge in [-0.1, -0.05) is 42.5 Å². The van der Waals surface area contributed by atoms with Crippen LogP contribution in [0.15, 0.2) is 55.6 Å². The lowest BCUT2D eigenvalue weighted by Gasteiger charge is -2.48. The van der Waals surface area contributed by atoms with Gasteiger partial charge in [0.2, 0.25) is 5.91 Å². The number of hydrogen-bond acceptors (Lipinski definition) is 2. The molecule has 0 radical (unpaired) electrons. The maximum atomic E-state index is 13.1.